The summed E-state index contributed by atoms with van der Waals surface area (Å²) in [5, 5.41) is 0. The van der Waals surface area contributed by atoms with Crippen LogP contribution in [0.1, 0.15) is 39.8 Å². The second-order valence-electron chi connectivity index (χ2n) is 7.05. The Labute approximate surface area is 143 Å². The molecule has 0 bridgehead atoms. The summed E-state index contributed by atoms with van der Waals surface area (Å²) in [5.74, 6) is 0. The van der Waals surface area contributed by atoms with E-state index in [2.05, 4.69) is 74.5 Å². The van der Waals surface area contributed by atoms with Gasteiger partial charge in [0.25, 0.3) is 0 Å². The highest BCUT2D eigenvalue weighted by Gasteiger charge is 2.32. The van der Waals surface area contributed by atoms with Crippen molar-refractivity contribution in [2.45, 2.75) is 26.7 Å². The predicted molar refractivity (Wildman–Crippen MR) is 102 cm³/mol. The Morgan fingerprint density at radius 1 is 0.708 bits per heavy atom. The first-order valence-electron chi connectivity index (χ1n) is 8.77. The van der Waals surface area contributed by atoms with E-state index in [-0.39, 0.29) is 0 Å². The number of hydrogen-bond donors (Lipinski definition) is 0. The third-order valence-electron chi connectivity index (χ3n) is 5.58. The van der Waals surface area contributed by atoms with Crippen LogP contribution in [0.2, 0.25) is 0 Å². The van der Waals surface area contributed by atoms with Crippen molar-refractivity contribution in [3.8, 4) is 11.1 Å². The fourth-order valence-corrected chi connectivity index (χ4v) is 4.44. The Morgan fingerprint density at radius 3 is 2.33 bits per heavy atom. The van der Waals surface area contributed by atoms with Gasteiger partial charge < -0.3 is 0 Å². The molecular weight excluding hydrogens is 288 g/mol. The van der Waals surface area contributed by atoms with Gasteiger partial charge in [0.1, 0.15) is 0 Å². The van der Waals surface area contributed by atoms with Gasteiger partial charge in [-0.15, -0.1) is 0 Å². The van der Waals surface area contributed by atoms with E-state index in [1.54, 1.807) is 5.56 Å². The maximum absolute atomic E-state index is 2.37. The minimum absolute atomic E-state index is 1.13. The molecule has 0 heteroatoms. The standard InChI is InChI=1S/C24H20/c1-15-8-10-20-21-11-9-16(2)18-12-13-19(17-6-4-3-5-7-17)24(23(18)21)22(20)14-15/h3-11,14H,12-13H2,1-2H3. The lowest BCUT2D eigenvalue weighted by atomic mass is 9.80. The molecule has 116 valence electrons. The minimum Gasteiger partial charge on any atom is -0.0622 e. The predicted octanol–water partition coefficient (Wildman–Crippen LogP) is 6.19. The molecule has 2 aliphatic carbocycles. The van der Waals surface area contributed by atoms with Crippen LogP contribution < -0.4 is 0 Å². The molecule has 0 amide bonds. The highest BCUT2D eigenvalue weighted by atomic mass is 14.3. The van der Waals surface area contributed by atoms with Crippen molar-refractivity contribution < 1.29 is 0 Å². The molecule has 0 fully saturated rings. The van der Waals surface area contributed by atoms with Gasteiger partial charge >= 0.3 is 0 Å². The van der Waals surface area contributed by atoms with Crippen LogP contribution in [0.4, 0.5) is 0 Å². The van der Waals surface area contributed by atoms with Crippen molar-refractivity contribution in [2.24, 2.45) is 0 Å². The Hall–Kier alpha value is -2.60. The van der Waals surface area contributed by atoms with Gasteiger partial charge in [0.15, 0.2) is 0 Å². The fourth-order valence-electron chi connectivity index (χ4n) is 4.44. The average molecular weight is 308 g/mol. The van der Waals surface area contributed by atoms with Crippen molar-refractivity contribution in [1.82, 2.24) is 0 Å². The van der Waals surface area contributed by atoms with Gasteiger partial charge in [-0.25, -0.2) is 0 Å². The third-order valence-corrected chi connectivity index (χ3v) is 5.58. The molecule has 0 unspecified atom stereocenters. The zero-order chi connectivity index (χ0) is 16.3. The summed E-state index contributed by atoms with van der Waals surface area (Å²) in [7, 11) is 0. The van der Waals surface area contributed by atoms with Crippen LogP contribution in [-0.2, 0) is 6.42 Å². The van der Waals surface area contributed by atoms with Gasteiger partial charge in [0.2, 0.25) is 0 Å². The van der Waals surface area contributed by atoms with E-state index >= 15 is 0 Å². The Bertz CT molecular complexity index is 1000. The zero-order valence-electron chi connectivity index (χ0n) is 14.2. The maximum atomic E-state index is 2.37. The van der Waals surface area contributed by atoms with Crippen molar-refractivity contribution in [3.05, 3.63) is 94.0 Å². The molecule has 5 rings (SSSR count). The summed E-state index contributed by atoms with van der Waals surface area (Å²) in [4.78, 5) is 0. The van der Waals surface area contributed by atoms with E-state index in [4.69, 9.17) is 0 Å². The van der Waals surface area contributed by atoms with Crippen molar-refractivity contribution in [1.29, 1.82) is 0 Å². The SMILES string of the molecule is Cc1ccc2c(c1)C1=C(c3ccccc3)CCc3c(C)ccc-2c31. The molecular formula is C24H20. The van der Waals surface area contributed by atoms with E-state index in [9.17, 15) is 0 Å². The molecule has 0 heterocycles. The van der Waals surface area contributed by atoms with Gasteiger partial charge in [0, 0.05) is 0 Å². The molecule has 3 aromatic rings. The van der Waals surface area contributed by atoms with E-state index in [1.165, 1.54) is 50.1 Å². The van der Waals surface area contributed by atoms with Gasteiger partial charge in [0.05, 0.1) is 0 Å². The summed E-state index contributed by atoms with van der Waals surface area (Å²) in [5.41, 5.74) is 14.5. The lowest BCUT2D eigenvalue weighted by Crippen LogP contribution is -2.05. The second kappa shape index (κ2) is 4.95. The molecule has 0 saturated carbocycles. The monoisotopic (exact) mass is 308 g/mol. The van der Waals surface area contributed by atoms with E-state index in [1.807, 2.05) is 0 Å². The molecule has 0 N–H and O–H groups in total. The van der Waals surface area contributed by atoms with E-state index < -0.39 is 0 Å². The molecule has 24 heavy (non-hydrogen) atoms. The van der Waals surface area contributed by atoms with Crippen LogP contribution in [0.15, 0.2) is 60.7 Å². The molecule has 0 aromatic heterocycles. The lowest BCUT2D eigenvalue weighted by molar-refractivity contribution is 0.983. The fraction of sp³-hybridized carbons (Fsp3) is 0.167. The van der Waals surface area contributed by atoms with E-state index in [0.717, 1.165) is 12.8 Å². The first-order valence-corrected chi connectivity index (χ1v) is 8.77. The summed E-state index contributed by atoms with van der Waals surface area (Å²) in [6.45, 7) is 4.45. The van der Waals surface area contributed by atoms with Crippen LogP contribution in [0.5, 0.6) is 0 Å². The van der Waals surface area contributed by atoms with Crippen molar-refractivity contribution >= 4 is 11.1 Å². The first-order chi connectivity index (χ1) is 11.7. The number of benzene rings is 3. The molecule has 0 atom stereocenters. The highest BCUT2D eigenvalue weighted by molar-refractivity contribution is 6.12. The Balaban J connectivity index is 1.92. The summed E-state index contributed by atoms with van der Waals surface area (Å²) >= 11 is 0. The summed E-state index contributed by atoms with van der Waals surface area (Å²) in [6, 6.07) is 22.5. The average Bonchev–Trinajstić information content (AvgIpc) is 2.94. The maximum Gasteiger partial charge on any atom is -0.00578 e. The number of fused-ring (bicyclic) bond motifs is 3. The van der Waals surface area contributed by atoms with Gasteiger partial charge in [-0.1, -0.05) is 66.2 Å². The molecule has 0 nitrogen and oxygen atoms in total. The molecule has 3 aromatic carbocycles. The number of rotatable bonds is 1. The van der Waals surface area contributed by atoms with Crippen molar-refractivity contribution in [3.63, 3.8) is 0 Å². The smallest absolute Gasteiger partial charge is 0.00578 e. The minimum atomic E-state index is 1.13. The largest absolute Gasteiger partial charge is 0.0622 e. The Kier molecular flexibility index (Phi) is 2.84. The van der Waals surface area contributed by atoms with Crippen LogP contribution >= 0.6 is 0 Å². The number of aryl methyl sites for hydroxylation is 2. The zero-order valence-corrected chi connectivity index (χ0v) is 14.2. The van der Waals surface area contributed by atoms with Gasteiger partial charge in [-0.3, -0.25) is 0 Å². The lowest BCUT2D eigenvalue weighted by Gasteiger charge is -2.23. The molecule has 0 aliphatic heterocycles. The van der Waals surface area contributed by atoms with Crippen LogP contribution in [-0.4, -0.2) is 0 Å². The molecule has 0 saturated heterocycles. The molecule has 0 radical (unpaired) electrons. The quantitative estimate of drug-likeness (QED) is 0.393. The Morgan fingerprint density at radius 2 is 1.50 bits per heavy atom. The number of hydrogen-bond acceptors (Lipinski definition) is 0. The van der Waals surface area contributed by atoms with Crippen molar-refractivity contribution in [2.75, 3.05) is 0 Å². The second-order valence-corrected chi connectivity index (χ2v) is 7.05. The highest BCUT2D eigenvalue weighted by Crippen LogP contribution is 2.52. The van der Waals surface area contributed by atoms with Crippen LogP contribution in [0.25, 0.3) is 22.3 Å². The summed E-state index contributed by atoms with van der Waals surface area (Å²) in [6.07, 6.45) is 2.28. The van der Waals surface area contributed by atoms with Gasteiger partial charge in [-0.05, 0) is 76.8 Å². The number of allylic oxidation sites excluding steroid dienone is 1. The topological polar surface area (TPSA) is 0 Å². The third kappa shape index (κ3) is 1.80. The van der Waals surface area contributed by atoms with Crippen LogP contribution in [0, 0.1) is 13.8 Å². The van der Waals surface area contributed by atoms with Gasteiger partial charge in [-0.2, -0.15) is 0 Å². The normalized spacial score (nSPS) is 14.6. The van der Waals surface area contributed by atoms with Crippen LogP contribution in [0.3, 0.4) is 0 Å². The summed E-state index contributed by atoms with van der Waals surface area (Å²) < 4.78 is 0. The van der Waals surface area contributed by atoms with E-state index in [0.29, 0.717) is 0 Å². The molecule has 2 aliphatic rings. The molecule has 0 spiro atoms. The first kappa shape index (κ1) is 13.8.